The van der Waals surface area contributed by atoms with Crippen molar-refractivity contribution in [3.05, 3.63) is 131 Å². The highest BCUT2D eigenvalue weighted by Crippen LogP contribution is 2.41. The van der Waals surface area contributed by atoms with Gasteiger partial charge >= 0.3 is 0 Å². The van der Waals surface area contributed by atoms with E-state index in [0.29, 0.717) is 11.4 Å². The number of hydrogen-bond acceptors (Lipinski definition) is 3. The first kappa shape index (κ1) is 31.5. The Morgan fingerprint density at radius 2 is 0.940 bits per heavy atom. The molecule has 0 aliphatic carbocycles. The molecule has 3 heterocycles. The van der Waals surface area contributed by atoms with Crippen molar-refractivity contribution in [1.29, 1.82) is 5.26 Å². The average Bonchev–Trinajstić information content (AvgIpc) is 3.58. The van der Waals surface area contributed by atoms with E-state index in [4.69, 9.17) is 9.97 Å². The van der Waals surface area contributed by atoms with Crippen LogP contribution in [-0.4, -0.2) is 19.1 Å². The first-order valence-corrected chi connectivity index (χ1v) is 17.3. The molecule has 0 saturated carbocycles. The summed E-state index contributed by atoms with van der Waals surface area (Å²) in [7, 11) is 0. The summed E-state index contributed by atoms with van der Waals surface area (Å²) in [5, 5.41) is 15.9. The number of aryl methyl sites for hydroxylation is 2. The molecule has 0 amide bonds. The van der Waals surface area contributed by atoms with E-state index in [1.807, 2.05) is 19.9 Å². The molecule has 0 atom stereocenters. The molecule has 0 aliphatic heterocycles. The second-order valence-electron chi connectivity index (χ2n) is 15.6. The number of benzene rings is 5. The topological polar surface area (TPSA) is 59.4 Å². The van der Waals surface area contributed by atoms with Crippen LogP contribution in [0.5, 0.6) is 0 Å². The highest BCUT2D eigenvalue weighted by molar-refractivity contribution is 6.11. The number of hydrogen-bond donors (Lipinski definition) is 0. The minimum absolute atomic E-state index is 0.0544. The number of aromatic nitrogens is 4. The highest BCUT2D eigenvalue weighted by atomic mass is 15.0. The van der Waals surface area contributed by atoms with Crippen LogP contribution in [0.2, 0.25) is 0 Å². The molecule has 5 aromatic carbocycles. The lowest BCUT2D eigenvalue weighted by Gasteiger charge is -2.21. The van der Waals surface area contributed by atoms with Crippen LogP contribution in [0.1, 0.15) is 69.6 Å². The standard InChI is InChI=1S/C45H41N5/c1-27-21-28(2)48-43(47-27)29-22-39(49-37-15-11-9-13-32(37)34-19-17-30(24-41(34)49)44(3,4)5)36(26-46)40(23-29)50-38-16-12-10-14-33(38)35-20-18-31(25-42(35)50)45(6,7)8/h9-25H,1-8H3. The van der Waals surface area contributed by atoms with Gasteiger partial charge in [0.15, 0.2) is 5.82 Å². The average molecular weight is 652 g/mol. The van der Waals surface area contributed by atoms with Crippen molar-refractivity contribution in [2.24, 2.45) is 0 Å². The molecule has 0 bridgehead atoms. The first-order chi connectivity index (χ1) is 23.8. The molecule has 0 aliphatic rings. The van der Waals surface area contributed by atoms with Crippen molar-refractivity contribution < 1.29 is 0 Å². The third-order valence-corrected chi connectivity index (χ3v) is 10.0. The van der Waals surface area contributed by atoms with Gasteiger partial charge in [-0.3, -0.25) is 0 Å². The molecule has 50 heavy (non-hydrogen) atoms. The molecule has 0 saturated heterocycles. The highest BCUT2D eigenvalue weighted by Gasteiger charge is 2.25. The lowest BCUT2D eigenvalue weighted by molar-refractivity contribution is 0.590. The summed E-state index contributed by atoms with van der Waals surface area (Å²) < 4.78 is 4.56. The van der Waals surface area contributed by atoms with Gasteiger partial charge < -0.3 is 9.13 Å². The van der Waals surface area contributed by atoms with Crippen LogP contribution in [0, 0.1) is 25.2 Å². The van der Waals surface area contributed by atoms with Crippen LogP contribution >= 0.6 is 0 Å². The molecule has 0 fully saturated rings. The Morgan fingerprint density at radius 3 is 1.36 bits per heavy atom. The first-order valence-electron chi connectivity index (χ1n) is 17.3. The Hall–Kier alpha value is -5.73. The molecule has 8 aromatic rings. The van der Waals surface area contributed by atoms with Crippen LogP contribution in [0.3, 0.4) is 0 Å². The number of para-hydroxylation sites is 2. The zero-order valence-electron chi connectivity index (χ0n) is 30.1. The second kappa shape index (κ2) is 11.1. The summed E-state index contributed by atoms with van der Waals surface area (Å²) in [6, 6.07) is 39.5. The van der Waals surface area contributed by atoms with Crippen molar-refractivity contribution in [2.75, 3.05) is 0 Å². The lowest BCUT2D eigenvalue weighted by atomic mass is 9.86. The third-order valence-electron chi connectivity index (χ3n) is 10.0. The van der Waals surface area contributed by atoms with E-state index in [1.165, 1.54) is 11.1 Å². The van der Waals surface area contributed by atoms with Crippen LogP contribution < -0.4 is 0 Å². The number of nitriles is 1. The van der Waals surface area contributed by atoms with Crippen LogP contribution in [0.15, 0.2) is 103 Å². The van der Waals surface area contributed by atoms with E-state index < -0.39 is 0 Å². The van der Waals surface area contributed by atoms with Crippen molar-refractivity contribution in [3.8, 4) is 28.8 Å². The van der Waals surface area contributed by atoms with Gasteiger partial charge in [-0.1, -0.05) is 102 Å². The summed E-state index contributed by atoms with van der Waals surface area (Å²) in [5.41, 5.74) is 11.4. The summed E-state index contributed by atoms with van der Waals surface area (Å²) in [6.45, 7) is 17.5. The predicted molar refractivity (Wildman–Crippen MR) is 208 cm³/mol. The molecule has 246 valence electrons. The maximum absolute atomic E-state index is 11.3. The van der Waals surface area contributed by atoms with Crippen molar-refractivity contribution in [2.45, 2.75) is 66.2 Å². The van der Waals surface area contributed by atoms with Gasteiger partial charge in [-0.05, 0) is 78.3 Å². The molecular weight excluding hydrogens is 611 g/mol. The van der Waals surface area contributed by atoms with Crippen molar-refractivity contribution in [3.63, 3.8) is 0 Å². The van der Waals surface area contributed by atoms with Gasteiger partial charge in [0, 0.05) is 38.5 Å². The van der Waals surface area contributed by atoms with Crippen LogP contribution in [-0.2, 0) is 10.8 Å². The molecule has 8 rings (SSSR count). The van der Waals surface area contributed by atoms with Gasteiger partial charge in [-0.25, -0.2) is 9.97 Å². The molecule has 0 spiro atoms. The third kappa shape index (κ3) is 4.98. The monoisotopic (exact) mass is 651 g/mol. The summed E-state index contributed by atoms with van der Waals surface area (Å²) >= 11 is 0. The van der Waals surface area contributed by atoms with Crippen molar-refractivity contribution >= 4 is 43.6 Å². The van der Waals surface area contributed by atoms with Crippen LogP contribution in [0.25, 0.3) is 66.4 Å². The van der Waals surface area contributed by atoms with E-state index in [9.17, 15) is 5.26 Å². The Bertz CT molecular complexity index is 2530. The SMILES string of the molecule is Cc1cc(C)nc(-c2cc(-n3c4ccccc4c4ccc(C(C)(C)C)cc43)c(C#N)c(-n3c4ccccc4c4ccc(C(C)(C)C)cc43)c2)n1. The molecule has 0 unspecified atom stereocenters. The minimum Gasteiger partial charge on any atom is -0.308 e. The van der Waals surface area contributed by atoms with Crippen molar-refractivity contribution in [1.82, 2.24) is 19.1 Å². The maximum atomic E-state index is 11.3. The Labute approximate surface area is 293 Å². The Morgan fingerprint density at radius 1 is 0.520 bits per heavy atom. The molecular formula is C45H41N5. The van der Waals surface area contributed by atoms with Gasteiger partial charge in [-0.2, -0.15) is 5.26 Å². The summed E-state index contributed by atoms with van der Waals surface area (Å²) in [4.78, 5) is 9.87. The van der Waals surface area contributed by atoms with E-state index in [1.54, 1.807) is 0 Å². The fraction of sp³-hybridized carbons (Fsp3) is 0.222. The molecule has 0 radical (unpaired) electrons. The normalized spacial score (nSPS) is 12.4. The fourth-order valence-electron chi connectivity index (χ4n) is 7.46. The van der Waals surface area contributed by atoms with Gasteiger partial charge in [0.2, 0.25) is 0 Å². The summed E-state index contributed by atoms with van der Waals surface area (Å²) in [6.07, 6.45) is 0. The molecule has 5 heteroatoms. The number of nitrogens with zero attached hydrogens (tertiary/aromatic N) is 5. The summed E-state index contributed by atoms with van der Waals surface area (Å²) in [5.74, 6) is 0.641. The molecule has 3 aromatic heterocycles. The van der Waals surface area contributed by atoms with E-state index in [-0.39, 0.29) is 10.8 Å². The Balaban J connectivity index is 1.57. The smallest absolute Gasteiger partial charge is 0.159 e. The zero-order valence-corrected chi connectivity index (χ0v) is 30.1. The Kier molecular flexibility index (Phi) is 7.03. The number of rotatable bonds is 3. The largest absolute Gasteiger partial charge is 0.308 e. The number of fused-ring (bicyclic) bond motifs is 6. The van der Waals surface area contributed by atoms with Gasteiger partial charge in [0.1, 0.15) is 11.6 Å². The maximum Gasteiger partial charge on any atom is 0.159 e. The fourth-order valence-corrected chi connectivity index (χ4v) is 7.46. The lowest BCUT2D eigenvalue weighted by Crippen LogP contribution is -2.11. The second-order valence-corrected chi connectivity index (χ2v) is 15.6. The predicted octanol–water partition coefficient (Wildman–Crippen LogP) is 11.4. The zero-order chi connectivity index (χ0) is 35.1. The van der Waals surface area contributed by atoms with Gasteiger partial charge in [0.25, 0.3) is 0 Å². The molecule has 5 nitrogen and oxygen atoms in total. The van der Waals surface area contributed by atoms with Gasteiger partial charge in [0.05, 0.1) is 33.4 Å². The van der Waals surface area contributed by atoms with E-state index in [0.717, 1.165) is 71.9 Å². The molecule has 0 N–H and O–H groups in total. The van der Waals surface area contributed by atoms with Crippen LogP contribution in [0.4, 0.5) is 0 Å². The van der Waals surface area contributed by atoms with E-state index in [2.05, 4.69) is 154 Å². The minimum atomic E-state index is -0.0544. The quantitative estimate of drug-likeness (QED) is 0.191. The van der Waals surface area contributed by atoms with E-state index >= 15 is 0 Å². The van der Waals surface area contributed by atoms with Gasteiger partial charge in [-0.15, -0.1) is 0 Å².